The molecule has 1 aromatic rings. The lowest BCUT2D eigenvalue weighted by Crippen LogP contribution is -1.88. The highest BCUT2D eigenvalue weighted by atomic mass is 15.2. The molecule has 0 aliphatic rings. The Bertz CT molecular complexity index is 182. The quantitative estimate of drug-likeness (QED) is 0.658. The summed E-state index contributed by atoms with van der Waals surface area (Å²) in [5, 5.41) is 6.70. The minimum Gasteiger partial charge on any atom is -0.266 e. The highest BCUT2D eigenvalue weighted by molar-refractivity contribution is 4.79. The average Bonchev–Trinajstić information content (AvgIpc) is 2.57. The van der Waals surface area contributed by atoms with Gasteiger partial charge in [-0.05, 0) is 6.42 Å². The van der Waals surface area contributed by atoms with Crippen LogP contribution in [-0.2, 0) is 6.42 Å². The van der Waals surface area contributed by atoms with Gasteiger partial charge in [-0.3, -0.25) is 5.10 Å². The lowest BCUT2D eigenvalue weighted by Gasteiger charge is -1.96. The molecule has 3 nitrogen and oxygen atoms in total. The van der Waals surface area contributed by atoms with Crippen LogP contribution in [0.3, 0.4) is 0 Å². The van der Waals surface area contributed by atoms with Gasteiger partial charge in [-0.2, -0.15) is 5.10 Å². The highest BCUT2D eigenvalue weighted by Crippen LogP contribution is 2.04. The van der Waals surface area contributed by atoms with Gasteiger partial charge in [0.15, 0.2) is 0 Å². The Morgan fingerprint density at radius 3 is 2.75 bits per heavy atom. The summed E-state index contributed by atoms with van der Waals surface area (Å²) < 4.78 is 0. The van der Waals surface area contributed by atoms with Gasteiger partial charge < -0.3 is 0 Å². The zero-order valence-corrected chi connectivity index (χ0v) is 7.42. The third kappa shape index (κ3) is 3.51. The number of aromatic amines is 1. The van der Waals surface area contributed by atoms with E-state index >= 15 is 0 Å². The molecule has 1 aromatic heterocycles. The predicted molar refractivity (Wildman–Crippen MR) is 48.5 cm³/mol. The number of aromatic nitrogens is 3. The van der Waals surface area contributed by atoms with Gasteiger partial charge in [0, 0.05) is 6.42 Å². The molecule has 3 heteroatoms. The molecule has 0 bridgehead atoms. The summed E-state index contributed by atoms with van der Waals surface area (Å²) in [7, 11) is 0. The number of H-pyrrole nitrogens is 1. The van der Waals surface area contributed by atoms with Crippen molar-refractivity contribution in [3.8, 4) is 0 Å². The molecular formula is C9H16N3. The van der Waals surface area contributed by atoms with Gasteiger partial charge in [0.05, 0.1) is 0 Å². The third-order valence-corrected chi connectivity index (χ3v) is 1.87. The number of nitrogens with zero attached hydrogens (tertiary/aromatic N) is 2. The molecule has 0 fully saturated rings. The first kappa shape index (κ1) is 9.23. The summed E-state index contributed by atoms with van der Waals surface area (Å²) in [5.41, 5.74) is 0. The van der Waals surface area contributed by atoms with E-state index in [0.29, 0.717) is 0 Å². The molecule has 0 saturated heterocycles. The first-order valence-electron chi connectivity index (χ1n) is 4.57. The molecule has 12 heavy (non-hydrogen) atoms. The molecule has 0 aliphatic carbocycles. The number of hydrogen-bond donors (Lipinski definition) is 1. The molecule has 0 amide bonds. The topological polar surface area (TPSA) is 41.6 Å². The van der Waals surface area contributed by atoms with Crippen molar-refractivity contribution >= 4 is 0 Å². The Morgan fingerprint density at radius 1 is 1.25 bits per heavy atom. The first-order valence-corrected chi connectivity index (χ1v) is 4.57. The van der Waals surface area contributed by atoms with Crippen molar-refractivity contribution < 1.29 is 0 Å². The Balaban J connectivity index is 1.96. The second-order valence-electron chi connectivity index (χ2n) is 2.93. The standard InChI is InChI=1S/C9H16N3/c1-2-3-4-5-6-7-9-10-8-11-12-9/h8H,1-7H2,(H,10,11,12). The largest absolute Gasteiger partial charge is 0.266 e. The smallest absolute Gasteiger partial charge is 0.150 e. The van der Waals surface area contributed by atoms with E-state index in [2.05, 4.69) is 22.1 Å². The van der Waals surface area contributed by atoms with Gasteiger partial charge in [-0.15, -0.1) is 0 Å². The summed E-state index contributed by atoms with van der Waals surface area (Å²) in [5.74, 6) is 0.935. The fourth-order valence-corrected chi connectivity index (χ4v) is 1.17. The van der Waals surface area contributed by atoms with E-state index in [4.69, 9.17) is 0 Å². The number of hydrogen-bond acceptors (Lipinski definition) is 2. The van der Waals surface area contributed by atoms with Gasteiger partial charge >= 0.3 is 0 Å². The molecule has 1 rings (SSSR count). The van der Waals surface area contributed by atoms with Gasteiger partial charge in [-0.25, -0.2) is 4.98 Å². The second-order valence-corrected chi connectivity index (χ2v) is 2.93. The lowest BCUT2D eigenvalue weighted by atomic mass is 10.1. The van der Waals surface area contributed by atoms with E-state index in [9.17, 15) is 0 Å². The predicted octanol–water partition coefficient (Wildman–Crippen LogP) is 2.13. The van der Waals surface area contributed by atoms with Gasteiger partial charge in [-0.1, -0.05) is 32.6 Å². The molecule has 0 saturated carbocycles. The molecular weight excluding hydrogens is 150 g/mol. The number of aryl methyl sites for hydroxylation is 1. The fraction of sp³-hybridized carbons (Fsp3) is 0.667. The minimum absolute atomic E-state index is 0.935. The van der Waals surface area contributed by atoms with Crippen molar-refractivity contribution in [2.24, 2.45) is 0 Å². The molecule has 0 unspecified atom stereocenters. The maximum Gasteiger partial charge on any atom is 0.150 e. The van der Waals surface area contributed by atoms with E-state index in [0.717, 1.165) is 18.7 Å². The van der Waals surface area contributed by atoms with Crippen molar-refractivity contribution in [2.45, 2.75) is 38.5 Å². The summed E-state index contributed by atoms with van der Waals surface area (Å²) >= 11 is 0. The van der Waals surface area contributed by atoms with E-state index in [1.54, 1.807) is 6.33 Å². The van der Waals surface area contributed by atoms with Crippen LogP contribution in [0.4, 0.5) is 0 Å². The van der Waals surface area contributed by atoms with E-state index in [-0.39, 0.29) is 0 Å². The highest BCUT2D eigenvalue weighted by Gasteiger charge is 1.95. The average molecular weight is 166 g/mol. The van der Waals surface area contributed by atoms with Crippen molar-refractivity contribution in [1.82, 2.24) is 15.2 Å². The van der Waals surface area contributed by atoms with E-state index in [1.807, 2.05) is 0 Å². The Labute approximate surface area is 73.6 Å². The number of nitrogens with one attached hydrogen (secondary N) is 1. The zero-order valence-electron chi connectivity index (χ0n) is 7.42. The van der Waals surface area contributed by atoms with Crippen molar-refractivity contribution in [3.05, 3.63) is 19.1 Å². The van der Waals surface area contributed by atoms with Crippen LogP contribution in [-0.4, -0.2) is 15.2 Å². The number of rotatable bonds is 6. The monoisotopic (exact) mass is 166 g/mol. The maximum atomic E-state index is 4.06. The van der Waals surface area contributed by atoms with E-state index in [1.165, 1.54) is 25.7 Å². The molecule has 67 valence electrons. The van der Waals surface area contributed by atoms with Crippen LogP contribution in [0.5, 0.6) is 0 Å². The lowest BCUT2D eigenvalue weighted by molar-refractivity contribution is 0.635. The SMILES string of the molecule is [CH2]CCCCCCc1nc[nH]n1. The molecule has 0 spiro atoms. The van der Waals surface area contributed by atoms with Crippen LogP contribution >= 0.6 is 0 Å². The van der Waals surface area contributed by atoms with Crippen LogP contribution in [0, 0.1) is 6.92 Å². The van der Waals surface area contributed by atoms with Crippen LogP contribution < -0.4 is 0 Å². The zero-order chi connectivity index (χ0) is 8.65. The molecule has 0 atom stereocenters. The van der Waals surface area contributed by atoms with Crippen molar-refractivity contribution in [3.63, 3.8) is 0 Å². The van der Waals surface area contributed by atoms with Gasteiger partial charge in [0.2, 0.25) is 0 Å². The fourth-order valence-electron chi connectivity index (χ4n) is 1.17. The minimum atomic E-state index is 0.935. The summed E-state index contributed by atoms with van der Waals surface area (Å²) in [4.78, 5) is 4.06. The van der Waals surface area contributed by atoms with Gasteiger partial charge in [0.1, 0.15) is 12.2 Å². The third-order valence-electron chi connectivity index (χ3n) is 1.87. The van der Waals surface area contributed by atoms with Gasteiger partial charge in [0.25, 0.3) is 0 Å². The molecule has 1 heterocycles. The van der Waals surface area contributed by atoms with Crippen molar-refractivity contribution in [2.75, 3.05) is 0 Å². The number of unbranched alkanes of at least 4 members (excludes halogenated alkanes) is 4. The van der Waals surface area contributed by atoms with E-state index < -0.39 is 0 Å². The Morgan fingerprint density at radius 2 is 2.08 bits per heavy atom. The Kier molecular flexibility index (Phi) is 4.42. The van der Waals surface area contributed by atoms with Crippen LogP contribution in [0.25, 0.3) is 0 Å². The first-order chi connectivity index (χ1) is 5.93. The molecule has 0 aliphatic heterocycles. The molecule has 0 aromatic carbocycles. The second kappa shape index (κ2) is 5.75. The van der Waals surface area contributed by atoms with Crippen LogP contribution in [0.2, 0.25) is 0 Å². The molecule has 1 N–H and O–H groups in total. The Hall–Kier alpha value is -0.860. The maximum absolute atomic E-state index is 4.06. The van der Waals surface area contributed by atoms with Crippen LogP contribution in [0.15, 0.2) is 6.33 Å². The van der Waals surface area contributed by atoms with Crippen LogP contribution in [0.1, 0.15) is 37.9 Å². The summed E-state index contributed by atoms with van der Waals surface area (Å²) in [6, 6.07) is 0. The summed E-state index contributed by atoms with van der Waals surface area (Å²) in [6.45, 7) is 3.80. The summed E-state index contributed by atoms with van der Waals surface area (Å²) in [6.07, 6.45) is 8.68. The molecule has 1 radical (unpaired) electrons. The van der Waals surface area contributed by atoms with Crippen molar-refractivity contribution in [1.29, 1.82) is 0 Å². The normalized spacial score (nSPS) is 10.4.